The molecule has 196 valence electrons. The van der Waals surface area contributed by atoms with E-state index in [1.54, 1.807) is 0 Å². The van der Waals surface area contributed by atoms with Gasteiger partial charge in [0.05, 0.1) is 28.2 Å². The van der Waals surface area contributed by atoms with E-state index in [2.05, 4.69) is 17.0 Å². The predicted octanol–water partition coefficient (Wildman–Crippen LogP) is 6.27. The summed E-state index contributed by atoms with van der Waals surface area (Å²) in [7, 11) is -2.99. The van der Waals surface area contributed by atoms with E-state index in [1.165, 1.54) is 11.1 Å². The van der Waals surface area contributed by atoms with Crippen molar-refractivity contribution in [2.45, 2.75) is 63.1 Å². The summed E-state index contributed by atoms with van der Waals surface area (Å²) in [6, 6.07) is 12.3. The number of halogens is 3. The molecular formula is C28H34Cl2FNO3S. The van der Waals surface area contributed by atoms with E-state index >= 15 is 0 Å². The van der Waals surface area contributed by atoms with E-state index in [9.17, 15) is 12.8 Å². The summed E-state index contributed by atoms with van der Waals surface area (Å²) in [6.07, 6.45) is 5.13. The number of likely N-dealkylation sites (tertiary alicyclic amines) is 1. The minimum absolute atomic E-state index is 0.176. The van der Waals surface area contributed by atoms with Gasteiger partial charge in [0.2, 0.25) is 0 Å². The molecule has 0 spiro atoms. The molecule has 1 aliphatic heterocycles. The molecule has 4 nitrogen and oxygen atoms in total. The van der Waals surface area contributed by atoms with Gasteiger partial charge in [-0.3, -0.25) is 4.90 Å². The Labute approximate surface area is 224 Å². The largest absolute Gasteiger partial charge is 0.494 e. The molecule has 1 heterocycles. The van der Waals surface area contributed by atoms with E-state index in [1.807, 2.05) is 24.3 Å². The predicted molar refractivity (Wildman–Crippen MR) is 144 cm³/mol. The maximum atomic E-state index is 14.1. The molecule has 3 aliphatic rings. The maximum Gasteiger partial charge on any atom is 0.150 e. The minimum atomic E-state index is -2.99. The molecule has 36 heavy (non-hydrogen) atoms. The number of sulfone groups is 1. The minimum Gasteiger partial charge on any atom is -0.494 e. The Morgan fingerprint density at radius 1 is 1.03 bits per heavy atom. The fraction of sp³-hybridized carbons (Fsp3) is 0.571. The number of ether oxygens (including phenoxy) is 1. The zero-order valence-corrected chi connectivity index (χ0v) is 22.8. The molecule has 1 saturated carbocycles. The SMILES string of the molecule is O=S(=O)(CCCOc1ccc2c(c1)C(Cc1ccc(Cl)c(Cl)c1)C(N1CCC(F)C1)CC2)CC1CC1. The third-order valence-corrected chi connectivity index (χ3v) is 10.4. The number of fused-ring (bicyclic) bond motifs is 1. The van der Waals surface area contributed by atoms with Gasteiger partial charge in [0.1, 0.15) is 11.9 Å². The molecule has 0 amide bonds. The molecule has 0 aromatic heterocycles. The van der Waals surface area contributed by atoms with Gasteiger partial charge in [0, 0.05) is 25.0 Å². The first-order valence-corrected chi connectivity index (χ1v) is 15.6. The molecular weight excluding hydrogens is 520 g/mol. The molecule has 5 rings (SSSR count). The van der Waals surface area contributed by atoms with Crippen LogP contribution in [0.4, 0.5) is 4.39 Å². The molecule has 8 heteroatoms. The van der Waals surface area contributed by atoms with Crippen LogP contribution in [0, 0.1) is 5.92 Å². The third-order valence-electron chi connectivity index (χ3n) is 7.82. The van der Waals surface area contributed by atoms with Gasteiger partial charge in [-0.25, -0.2) is 12.8 Å². The second-order valence-electron chi connectivity index (χ2n) is 10.7. The molecule has 2 aromatic carbocycles. The lowest BCUT2D eigenvalue weighted by Crippen LogP contribution is -2.42. The Bertz CT molecular complexity index is 1190. The monoisotopic (exact) mass is 553 g/mol. The lowest BCUT2D eigenvalue weighted by Gasteiger charge is -2.39. The average Bonchev–Trinajstić information content (AvgIpc) is 3.54. The highest BCUT2D eigenvalue weighted by Crippen LogP contribution is 2.41. The van der Waals surface area contributed by atoms with Gasteiger partial charge in [0.15, 0.2) is 9.84 Å². The number of aryl methyl sites for hydroxylation is 1. The van der Waals surface area contributed by atoms with Gasteiger partial charge in [0.25, 0.3) is 0 Å². The van der Waals surface area contributed by atoms with E-state index in [4.69, 9.17) is 27.9 Å². The molecule has 2 aromatic rings. The van der Waals surface area contributed by atoms with Crippen molar-refractivity contribution in [3.05, 3.63) is 63.1 Å². The Kier molecular flexibility index (Phi) is 8.16. The zero-order valence-electron chi connectivity index (χ0n) is 20.5. The van der Waals surface area contributed by atoms with Crippen LogP contribution in [0.5, 0.6) is 5.75 Å². The highest BCUT2D eigenvalue weighted by Gasteiger charge is 2.37. The van der Waals surface area contributed by atoms with Crippen LogP contribution in [0.15, 0.2) is 36.4 Å². The van der Waals surface area contributed by atoms with Crippen molar-refractivity contribution >= 4 is 33.0 Å². The van der Waals surface area contributed by atoms with Crippen LogP contribution >= 0.6 is 23.2 Å². The lowest BCUT2D eigenvalue weighted by molar-refractivity contribution is 0.174. The van der Waals surface area contributed by atoms with Gasteiger partial charge >= 0.3 is 0 Å². The van der Waals surface area contributed by atoms with Crippen LogP contribution in [0.3, 0.4) is 0 Å². The fourth-order valence-corrected chi connectivity index (χ4v) is 7.89. The zero-order chi connectivity index (χ0) is 25.3. The number of hydrogen-bond donors (Lipinski definition) is 0. The van der Waals surface area contributed by atoms with Gasteiger partial charge < -0.3 is 4.74 Å². The summed E-state index contributed by atoms with van der Waals surface area (Å²) in [5.41, 5.74) is 3.64. The van der Waals surface area contributed by atoms with Crippen LogP contribution < -0.4 is 4.74 Å². The molecule has 2 fully saturated rings. The Morgan fingerprint density at radius 2 is 1.86 bits per heavy atom. The highest BCUT2D eigenvalue weighted by molar-refractivity contribution is 7.91. The Balaban J connectivity index is 1.32. The van der Waals surface area contributed by atoms with E-state index in [0.717, 1.165) is 50.0 Å². The molecule has 0 bridgehead atoms. The average molecular weight is 555 g/mol. The van der Waals surface area contributed by atoms with Crippen LogP contribution in [0.1, 0.15) is 54.7 Å². The van der Waals surface area contributed by atoms with Gasteiger partial charge in [-0.15, -0.1) is 0 Å². The van der Waals surface area contributed by atoms with Gasteiger partial charge in [-0.1, -0.05) is 35.3 Å². The number of alkyl halides is 1. The lowest BCUT2D eigenvalue weighted by atomic mass is 9.75. The van der Waals surface area contributed by atoms with Crippen molar-refractivity contribution in [2.24, 2.45) is 5.92 Å². The summed E-state index contributed by atoms with van der Waals surface area (Å²) in [5.74, 6) is 1.81. The van der Waals surface area contributed by atoms with Crippen molar-refractivity contribution in [1.82, 2.24) is 4.90 Å². The van der Waals surface area contributed by atoms with E-state index < -0.39 is 16.0 Å². The normalized spacial score (nSPS) is 24.6. The first kappa shape index (κ1) is 26.3. The number of nitrogens with zero attached hydrogens (tertiary/aromatic N) is 1. The van der Waals surface area contributed by atoms with Crippen LogP contribution in [0.25, 0.3) is 0 Å². The smallest absolute Gasteiger partial charge is 0.150 e. The molecule has 1 saturated heterocycles. The fourth-order valence-electron chi connectivity index (χ4n) is 5.79. The molecule has 2 aliphatic carbocycles. The van der Waals surface area contributed by atoms with E-state index in [0.29, 0.717) is 47.7 Å². The van der Waals surface area contributed by atoms with Crippen molar-refractivity contribution < 1.29 is 17.5 Å². The van der Waals surface area contributed by atoms with Gasteiger partial charge in [-0.05, 0) is 91.8 Å². The third kappa shape index (κ3) is 6.56. The summed E-state index contributed by atoms with van der Waals surface area (Å²) in [5, 5.41) is 1.08. The molecule has 3 atom stereocenters. The Hall–Kier alpha value is -1.34. The topological polar surface area (TPSA) is 46.6 Å². The first-order valence-electron chi connectivity index (χ1n) is 13.1. The van der Waals surface area contributed by atoms with Crippen molar-refractivity contribution in [3.8, 4) is 5.75 Å². The van der Waals surface area contributed by atoms with Crippen molar-refractivity contribution in [2.75, 3.05) is 31.2 Å². The quantitative estimate of drug-likeness (QED) is 0.325. The second-order valence-corrected chi connectivity index (χ2v) is 13.7. The van der Waals surface area contributed by atoms with Crippen LogP contribution in [-0.4, -0.2) is 56.7 Å². The summed E-state index contributed by atoms with van der Waals surface area (Å²) < 4.78 is 44.6. The maximum absolute atomic E-state index is 14.1. The number of hydrogen-bond acceptors (Lipinski definition) is 4. The van der Waals surface area contributed by atoms with Crippen molar-refractivity contribution in [1.29, 1.82) is 0 Å². The first-order chi connectivity index (χ1) is 17.3. The molecule has 3 unspecified atom stereocenters. The highest BCUT2D eigenvalue weighted by atomic mass is 35.5. The summed E-state index contributed by atoms with van der Waals surface area (Å²) >= 11 is 12.5. The van der Waals surface area contributed by atoms with Crippen molar-refractivity contribution in [3.63, 3.8) is 0 Å². The standard InChI is InChI=1S/C28H34Cl2FNO3S/c29-26-8-4-20(15-27(26)30)14-25-24-16-23(35-12-1-13-36(33,34)18-19-2-3-19)7-5-21(24)6-9-28(25)32-11-10-22(31)17-32/h4-5,7-8,15-16,19,22,25,28H,1-3,6,9-14,17-18H2. The summed E-state index contributed by atoms with van der Waals surface area (Å²) in [6.45, 7) is 1.65. The van der Waals surface area contributed by atoms with Gasteiger partial charge in [-0.2, -0.15) is 0 Å². The number of rotatable bonds is 10. The molecule has 0 radical (unpaired) electrons. The van der Waals surface area contributed by atoms with Crippen LogP contribution in [-0.2, 0) is 22.7 Å². The summed E-state index contributed by atoms with van der Waals surface area (Å²) in [4.78, 5) is 2.31. The second kappa shape index (κ2) is 11.2. The number of benzene rings is 2. The Morgan fingerprint density at radius 3 is 2.58 bits per heavy atom. The van der Waals surface area contributed by atoms with E-state index in [-0.39, 0.29) is 17.7 Å². The molecule has 0 N–H and O–H groups in total. The van der Waals surface area contributed by atoms with Crippen LogP contribution in [0.2, 0.25) is 10.0 Å².